The van der Waals surface area contributed by atoms with Crippen molar-refractivity contribution < 1.29 is 9.90 Å². The SMILES string of the molecule is Cn1cnc2c(N3CCN(C(=O)O)CC3)ncnc21. The van der Waals surface area contributed by atoms with Crippen LogP contribution in [0.25, 0.3) is 11.2 Å². The van der Waals surface area contributed by atoms with Crippen LogP contribution in [0.5, 0.6) is 0 Å². The predicted molar refractivity (Wildman–Crippen MR) is 68.1 cm³/mol. The second-order valence-electron chi connectivity index (χ2n) is 4.48. The Morgan fingerprint density at radius 1 is 1.21 bits per heavy atom. The lowest BCUT2D eigenvalue weighted by Crippen LogP contribution is -2.48. The van der Waals surface area contributed by atoms with E-state index < -0.39 is 6.09 Å². The third-order valence-electron chi connectivity index (χ3n) is 3.33. The lowest BCUT2D eigenvalue weighted by molar-refractivity contribution is 0.142. The van der Waals surface area contributed by atoms with E-state index in [1.165, 1.54) is 11.2 Å². The van der Waals surface area contributed by atoms with Gasteiger partial charge in [-0.25, -0.2) is 19.7 Å². The summed E-state index contributed by atoms with van der Waals surface area (Å²) in [5.41, 5.74) is 1.54. The van der Waals surface area contributed by atoms with Crippen LogP contribution in [0.2, 0.25) is 0 Å². The Balaban J connectivity index is 1.88. The van der Waals surface area contributed by atoms with Crippen molar-refractivity contribution in [2.24, 2.45) is 7.05 Å². The lowest BCUT2D eigenvalue weighted by Gasteiger charge is -2.33. The van der Waals surface area contributed by atoms with Crippen LogP contribution >= 0.6 is 0 Å². The molecule has 0 aromatic carbocycles. The maximum atomic E-state index is 10.9. The third kappa shape index (κ3) is 1.94. The molecule has 1 N–H and O–H groups in total. The standard InChI is InChI=1S/C11H14N6O2/c1-15-7-14-8-9(15)12-6-13-10(8)16-2-4-17(5-3-16)11(18)19/h6-7H,2-5H2,1H3,(H,18,19). The summed E-state index contributed by atoms with van der Waals surface area (Å²) in [6.45, 7) is 2.20. The molecule has 1 amide bonds. The first kappa shape index (κ1) is 11.7. The van der Waals surface area contributed by atoms with E-state index in [0.717, 1.165) is 17.0 Å². The number of piperazine rings is 1. The Morgan fingerprint density at radius 2 is 1.95 bits per heavy atom. The van der Waals surface area contributed by atoms with Crippen molar-refractivity contribution in [2.75, 3.05) is 31.1 Å². The van der Waals surface area contributed by atoms with Crippen LogP contribution < -0.4 is 4.90 Å². The highest BCUT2D eigenvalue weighted by Gasteiger charge is 2.23. The summed E-state index contributed by atoms with van der Waals surface area (Å²) in [4.78, 5) is 27.1. The van der Waals surface area contributed by atoms with Crippen molar-refractivity contribution in [3.8, 4) is 0 Å². The number of hydrogen-bond donors (Lipinski definition) is 1. The first-order valence-corrected chi connectivity index (χ1v) is 6.01. The molecule has 0 bridgehead atoms. The molecule has 1 fully saturated rings. The van der Waals surface area contributed by atoms with E-state index in [0.29, 0.717) is 26.2 Å². The van der Waals surface area contributed by atoms with E-state index in [1.54, 1.807) is 6.33 Å². The Bertz CT molecular complexity index is 617. The number of imidazole rings is 1. The van der Waals surface area contributed by atoms with Gasteiger partial charge >= 0.3 is 6.09 Å². The van der Waals surface area contributed by atoms with Crippen LogP contribution in [0.3, 0.4) is 0 Å². The summed E-state index contributed by atoms with van der Waals surface area (Å²) >= 11 is 0. The van der Waals surface area contributed by atoms with Gasteiger partial charge < -0.3 is 19.5 Å². The van der Waals surface area contributed by atoms with E-state index in [2.05, 4.69) is 19.9 Å². The minimum absolute atomic E-state index is 0.480. The Morgan fingerprint density at radius 3 is 2.63 bits per heavy atom. The van der Waals surface area contributed by atoms with Crippen LogP contribution in [0.4, 0.5) is 10.6 Å². The number of fused-ring (bicyclic) bond motifs is 1. The number of hydrogen-bond acceptors (Lipinski definition) is 5. The van der Waals surface area contributed by atoms with Crippen molar-refractivity contribution >= 4 is 23.1 Å². The fraction of sp³-hybridized carbons (Fsp3) is 0.455. The second-order valence-corrected chi connectivity index (χ2v) is 4.48. The monoisotopic (exact) mass is 262 g/mol. The minimum Gasteiger partial charge on any atom is -0.465 e. The largest absolute Gasteiger partial charge is 0.465 e. The van der Waals surface area contributed by atoms with Gasteiger partial charge in [-0.05, 0) is 0 Å². The smallest absolute Gasteiger partial charge is 0.407 e. The molecule has 1 saturated heterocycles. The van der Waals surface area contributed by atoms with Crippen molar-refractivity contribution in [1.82, 2.24) is 24.4 Å². The van der Waals surface area contributed by atoms with Gasteiger partial charge in [-0.1, -0.05) is 0 Å². The Hall–Kier alpha value is -2.38. The van der Waals surface area contributed by atoms with Crippen LogP contribution in [0, 0.1) is 0 Å². The zero-order chi connectivity index (χ0) is 13.4. The molecule has 3 rings (SSSR count). The summed E-state index contributed by atoms with van der Waals surface area (Å²) in [5.74, 6) is 0.774. The van der Waals surface area contributed by atoms with Crippen molar-refractivity contribution in [3.05, 3.63) is 12.7 Å². The maximum absolute atomic E-state index is 10.9. The fourth-order valence-electron chi connectivity index (χ4n) is 2.27. The second kappa shape index (κ2) is 4.38. The van der Waals surface area contributed by atoms with E-state index in [1.807, 2.05) is 11.6 Å². The summed E-state index contributed by atoms with van der Waals surface area (Å²) in [6, 6.07) is 0. The molecule has 0 aliphatic carbocycles. The molecule has 8 heteroatoms. The fourth-order valence-corrected chi connectivity index (χ4v) is 2.27. The molecule has 0 radical (unpaired) electrons. The van der Waals surface area contributed by atoms with Gasteiger partial charge in [0.2, 0.25) is 0 Å². The van der Waals surface area contributed by atoms with Gasteiger partial charge in [0.05, 0.1) is 6.33 Å². The van der Waals surface area contributed by atoms with E-state index in [-0.39, 0.29) is 0 Å². The number of carboxylic acid groups (broad SMARTS) is 1. The average Bonchev–Trinajstić information content (AvgIpc) is 2.81. The molecule has 0 unspecified atom stereocenters. The van der Waals surface area contributed by atoms with Crippen LogP contribution in [-0.2, 0) is 7.05 Å². The summed E-state index contributed by atoms with van der Waals surface area (Å²) in [7, 11) is 1.88. The average molecular weight is 262 g/mol. The number of nitrogens with zero attached hydrogens (tertiary/aromatic N) is 6. The zero-order valence-corrected chi connectivity index (χ0v) is 10.5. The molecule has 8 nitrogen and oxygen atoms in total. The van der Waals surface area contributed by atoms with Crippen molar-refractivity contribution in [2.45, 2.75) is 0 Å². The number of aryl methyl sites for hydroxylation is 1. The zero-order valence-electron chi connectivity index (χ0n) is 10.5. The normalized spacial score (nSPS) is 16.1. The van der Waals surface area contributed by atoms with E-state index in [9.17, 15) is 4.79 Å². The molecule has 0 spiro atoms. The van der Waals surface area contributed by atoms with Gasteiger partial charge in [0.25, 0.3) is 0 Å². The van der Waals surface area contributed by atoms with Crippen LogP contribution in [0.1, 0.15) is 0 Å². The first-order valence-electron chi connectivity index (χ1n) is 6.01. The van der Waals surface area contributed by atoms with Gasteiger partial charge in [-0.15, -0.1) is 0 Å². The van der Waals surface area contributed by atoms with Gasteiger partial charge in [-0.2, -0.15) is 0 Å². The molecule has 1 aliphatic heterocycles. The van der Waals surface area contributed by atoms with E-state index >= 15 is 0 Å². The third-order valence-corrected chi connectivity index (χ3v) is 3.33. The highest BCUT2D eigenvalue weighted by molar-refractivity contribution is 5.83. The number of aromatic nitrogens is 4. The highest BCUT2D eigenvalue weighted by atomic mass is 16.4. The molecule has 0 atom stereocenters. The topological polar surface area (TPSA) is 87.4 Å². The number of rotatable bonds is 1. The Kier molecular flexibility index (Phi) is 2.69. The lowest BCUT2D eigenvalue weighted by atomic mass is 10.3. The quantitative estimate of drug-likeness (QED) is 0.788. The highest BCUT2D eigenvalue weighted by Crippen LogP contribution is 2.21. The predicted octanol–water partition coefficient (Wildman–Crippen LogP) is 0.163. The summed E-state index contributed by atoms with van der Waals surface area (Å²) in [5, 5.41) is 8.94. The van der Waals surface area contributed by atoms with Crippen molar-refractivity contribution in [1.29, 1.82) is 0 Å². The molecule has 19 heavy (non-hydrogen) atoms. The molecule has 2 aromatic rings. The molecule has 0 saturated carbocycles. The first-order chi connectivity index (χ1) is 9.16. The Labute approximate surface area is 109 Å². The van der Waals surface area contributed by atoms with Crippen molar-refractivity contribution in [3.63, 3.8) is 0 Å². The molecule has 2 aromatic heterocycles. The van der Waals surface area contributed by atoms with Gasteiger partial charge in [0.15, 0.2) is 17.0 Å². The molecule has 1 aliphatic rings. The number of amides is 1. The summed E-state index contributed by atoms with van der Waals surface area (Å²) in [6.07, 6.45) is 2.35. The number of carbonyl (C=O) groups is 1. The maximum Gasteiger partial charge on any atom is 0.407 e. The van der Waals surface area contributed by atoms with E-state index in [4.69, 9.17) is 5.11 Å². The molecular formula is C11H14N6O2. The number of anilines is 1. The van der Waals surface area contributed by atoms with Gasteiger partial charge in [0.1, 0.15) is 6.33 Å². The van der Waals surface area contributed by atoms with Crippen LogP contribution in [0.15, 0.2) is 12.7 Å². The van der Waals surface area contributed by atoms with Gasteiger partial charge in [-0.3, -0.25) is 0 Å². The summed E-state index contributed by atoms with van der Waals surface area (Å²) < 4.78 is 1.84. The molecular weight excluding hydrogens is 248 g/mol. The van der Waals surface area contributed by atoms with Crippen LogP contribution in [-0.4, -0.2) is 61.8 Å². The minimum atomic E-state index is -0.870. The molecule has 100 valence electrons. The van der Waals surface area contributed by atoms with Gasteiger partial charge in [0, 0.05) is 33.2 Å². The molecule has 3 heterocycles.